The van der Waals surface area contributed by atoms with Crippen molar-refractivity contribution < 1.29 is 23.2 Å². The maximum absolute atomic E-state index is 13.8. The van der Waals surface area contributed by atoms with E-state index in [0.29, 0.717) is 0 Å². The molecule has 0 atom stereocenters. The number of carbonyl (C=O) groups excluding carboxylic acids is 1. The Morgan fingerprint density at radius 2 is 1.92 bits per heavy atom. The SMILES string of the molecule is CCOC(=O)c1ccc(NCc2c(F)cc(Br)cc2F)c([N+](=O)[O-])c1. The highest BCUT2D eigenvalue weighted by atomic mass is 79.9. The van der Waals surface area contributed by atoms with Gasteiger partial charge in [0, 0.05) is 22.6 Å². The number of esters is 1. The Hall–Kier alpha value is -2.55. The van der Waals surface area contributed by atoms with Gasteiger partial charge in [-0.1, -0.05) is 15.9 Å². The Morgan fingerprint density at radius 3 is 2.48 bits per heavy atom. The van der Waals surface area contributed by atoms with Gasteiger partial charge in [0.2, 0.25) is 0 Å². The summed E-state index contributed by atoms with van der Waals surface area (Å²) >= 11 is 2.97. The Balaban J connectivity index is 2.28. The van der Waals surface area contributed by atoms with Crippen LogP contribution in [0.3, 0.4) is 0 Å². The van der Waals surface area contributed by atoms with E-state index in [-0.39, 0.29) is 34.4 Å². The molecule has 0 aliphatic heterocycles. The van der Waals surface area contributed by atoms with Gasteiger partial charge in [0.25, 0.3) is 5.69 Å². The molecule has 2 aromatic rings. The van der Waals surface area contributed by atoms with Gasteiger partial charge in [-0.25, -0.2) is 13.6 Å². The minimum atomic E-state index is -0.787. The second kappa shape index (κ2) is 8.02. The Labute approximate surface area is 150 Å². The molecule has 0 aliphatic carbocycles. The highest BCUT2D eigenvalue weighted by molar-refractivity contribution is 9.10. The first-order valence-electron chi connectivity index (χ1n) is 7.16. The highest BCUT2D eigenvalue weighted by Gasteiger charge is 2.19. The van der Waals surface area contributed by atoms with Gasteiger partial charge in [0.1, 0.15) is 17.3 Å². The summed E-state index contributed by atoms with van der Waals surface area (Å²) < 4.78 is 32.7. The van der Waals surface area contributed by atoms with Crippen LogP contribution < -0.4 is 5.32 Å². The number of nitrogens with zero attached hydrogens (tertiary/aromatic N) is 1. The molecule has 0 saturated heterocycles. The number of benzene rings is 2. The van der Waals surface area contributed by atoms with E-state index in [4.69, 9.17) is 4.74 Å². The minimum Gasteiger partial charge on any atom is -0.462 e. The van der Waals surface area contributed by atoms with Crippen molar-refractivity contribution in [3.05, 3.63) is 67.7 Å². The number of halogens is 3. The third kappa shape index (κ3) is 4.50. The average Bonchev–Trinajstić information content (AvgIpc) is 2.54. The van der Waals surface area contributed by atoms with Gasteiger partial charge in [0.05, 0.1) is 17.1 Å². The first-order valence-corrected chi connectivity index (χ1v) is 7.95. The van der Waals surface area contributed by atoms with Gasteiger partial charge in [-0.3, -0.25) is 10.1 Å². The molecule has 2 aromatic carbocycles. The minimum absolute atomic E-state index is 0.0140. The van der Waals surface area contributed by atoms with E-state index in [1.165, 1.54) is 12.1 Å². The smallest absolute Gasteiger partial charge is 0.338 e. The first-order chi connectivity index (χ1) is 11.8. The molecule has 2 rings (SSSR count). The summed E-state index contributed by atoms with van der Waals surface area (Å²) in [5.74, 6) is -2.27. The third-order valence-corrected chi connectivity index (χ3v) is 3.72. The van der Waals surface area contributed by atoms with Crippen LogP contribution in [0.25, 0.3) is 0 Å². The Kier molecular flexibility index (Phi) is 6.02. The Morgan fingerprint density at radius 1 is 1.28 bits per heavy atom. The molecule has 0 radical (unpaired) electrons. The van der Waals surface area contributed by atoms with Crippen LogP contribution in [0.1, 0.15) is 22.8 Å². The van der Waals surface area contributed by atoms with Crippen molar-refractivity contribution in [1.82, 2.24) is 0 Å². The lowest BCUT2D eigenvalue weighted by Crippen LogP contribution is -2.09. The number of ether oxygens (including phenoxy) is 1. The first kappa shape index (κ1) is 18.8. The lowest BCUT2D eigenvalue weighted by Gasteiger charge is -2.10. The number of carbonyl (C=O) groups is 1. The van der Waals surface area contributed by atoms with Crippen molar-refractivity contribution >= 4 is 33.3 Å². The molecule has 0 fully saturated rings. The topological polar surface area (TPSA) is 81.5 Å². The van der Waals surface area contributed by atoms with Crippen molar-refractivity contribution in [3.8, 4) is 0 Å². The van der Waals surface area contributed by atoms with E-state index >= 15 is 0 Å². The van der Waals surface area contributed by atoms with Gasteiger partial charge in [0.15, 0.2) is 0 Å². The van der Waals surface area contributed by atoms with Gasteiger partial charge < -0.3 is 10.1 Å². The molecule has 6 nitrogen and oxygen atoms in total. The van der Waals surface area contributed by atoms with Crippen LogP contribution >= 0.6 is 15.9 Å². The largest absolute Gasteiger partial charge is 0.462 e. The van der Waals surface area contributed by atoms with Crippen molar-refractivity contribution in [3.63, 3.8) is 0 Å². The molecule has 1 N–H and O–H groups in total. The fraction of sp³-hybridized carbons (Fsp3) is 0.188. The lowest BCUT2D eigenvalue weighted by atomic mass is 10.1. The van der Waals surface area contributed by atoms with Gasteiger partial charge in [-0.2, -0.15) is 0 Å². The van der Waals surface area contributed by atoms with Gasteiger partial charge in [-0.15, -0.1) is 0 Å². The molecular weight excluding hydrogens is 402 g/mol. The normalized spacial score (nSPS) is 10.4. The summed E-state index contributed by atoms with van der Waals surface area (Å²) in [6, 6.07) is 5.87. The fourth-order valence-corrected chi connectivity index (χ4v) is 2.50. The van der Waals surface area contributed by atoms with Crippen molar-refractivity contribution in [2.24, 2.45) is 0 Å². The maximum atomic E-state index is 13.8. The van der Waals surface area contributed by atoms with Crippen LogP contribution in [0.2, 0.25) is 0 Å². The van der Waals surface area contributed by atoms with E-state index in [0.717, 1.165) is 18.2 Å². The van der Waals surface area contributed by atoms with Crippen LogP contribution in [0, 0.1) is 21.7 Å². The quantitative estimate of drug-likeness (QED) is 0.429. The van der Waals surface area contributed by atoms with E-state index < -0.39 is 28.2 Å². The zero-order chi connectivity index (χ0) is 18.6. The monoisotopic (exact) mass is 414 g/mol. The second-order valence-electron chi connectivity index (χ2n) is 4.91. The Bertz CT molecular complexity index is 807. The summed E-state index contributed by atoms with van der Waals surface area (Å²) in [7, 11) is 0. The maximum Gasteiger partial charge on any atom is 0.338 e. The van der Waals surface area contributed by atoms with E-state index in [1.807, 2.05) is 0 Å². The molecule has 0 saturated carbocycles. The van der Waals surface area contributed by atoms with Crippen LogP contribution in [-0.4, -0.2) is 17.5 Å². The molecule has 0 bridgehead atoms. The molecule has 25 heavy (non-hydrogen) atoms. The molecule has 0 aromatic heterocycles. The zero-order valence-corrected chi connectivity index (χ0v) is 14.6. The van der Waals surface area contributed by atoms with Gasteiger partial charge >= 0.3 is 5.97 Å². The summed E-state index contributed by atoms with van der Waals surface area (Å²) in [5.41, 5.74) is -0.615. The summed E-state index contributed by atoms with van der Waals surface area (Å²) in [6.45, 7) is 1.45. The van der Waals surface area contributed by atoms with Crippen molar-refractivity contribution in [1.29, 1.82) is 0 Å². The number of anilines is 1. The fourth-order valence-electron chi connectivity index (χ4n) is 2.10. The summed E-state index contributed by atoms with van der Waals surface area (Å²) in [4.78, 5) is 22.2. The van der Waals surface area contributed by atoms with Gasteiger partial charge in [-0.05, 0) is 31.2 Å². The number of hydrogen-bond acceptors (Lipinski definition) is 5. The molecule has 9 heteroatoms. The zero-order valence-electron chi connectivity index (χ0n) is 13.0. The average molecular weight is 415 g/mol. The molecule has 132 valence electrons. The number of nitrogens with one attached hydrogen (secondary N) is 1. The molecule has 0 heterocycles. The van der Waals surface area contributed by atoms with Crippen molar-refractivity contribution in [2.45, 2.75) is 13.5 Å². The van der Waals surface area contributed by atoms with E-state index in [1.54, 1.807) is 6.92 Å². The second-order valence-corrected chi connectivity index (χ2v) is 5.83. The number of nitro groups is 1. The molecule has 0 aliphatic rings. The molecule has 0 unspecified atom stereocenters. The molecule has 0 spiro atoms. The van der Waals surface area contributed by atoms with E-state index in [2.05, 4.69) is 21.2 Å². The van der Waals surface area contributed by atoms with Crippen molar-refractivity contribution in [2.75, 3.05) is 11.9 Å². The predicted octanol–water partition coefficient (Wildman–Crippen LogP) is 4.42. The molecular formula is C16H13BrF2N2O4. The van der Waals surface area contributed by atoms with E-state index in [9.17, 15) is 23.7 Å². The van der Waals surface area contributed by atoms with Crippen LogP contribution in [0.15, 0.2) is 34.8 Å². The molecule has 0 amide bonds. The third-order valence-electron chi connectivity index (χ3n) is 3.27. The van der Waals surface area contributed by atoms with Crippen LogP contribution in [-0.2, 0) is 11.3 Å². The highest BCUT2D eigenvalue weighted by Crippen LogP contribution is 2.27. The lowest BCUT2D eigenvalue weighted by molar-refractivity contribution is -0.384. The van der Waals surface area contributed by atoms with Crippen LogP contribution in [0.4, 0.5) is 20.2 Å². The predicted molar refractivity (Wildman–Crippen MR) is 90.4 cm³/mol. The standard InChI is InChI=1S/C16H13BrF2N2O4/c1-2-25-16(22)9-3-4-14(15(5-9)21(23)24)20-8-11-12(18)6-10(17)7-13(11)19/h3-7,20H,2,8H2,1H3. The number of hydrogen-bond donors (Lipinski definition) is 1. The summed E-state index contributed by atoms with van der Waals surface area (Å²) in [5, 5.41) is 13.8. The number of rotatable bonds is 6. The number of nitro benzene ring substituents is 1. The van der Waals surface area contributed by atoms with Crippen LogP contribution in [0.5, 0.6) is 0 Å². The summed E-state index contributed by atoms with van der Waals surface area (Å²) in [6.07, 6.45) is 0.